The molecule has 0 aromatic heterocycles. The number of hydrogen-bond donors (Lipinski definition) is 5. The minimum absolute atomic E-state index is 0.00795. The SMILES string of the molecule is CC1CC(=O)C2C(CC(=O)O)COC(O[C@@H]3O[C@@H](CO)[C@@H](O)[C@H](O)[C@H]3O)C12. The van der Waals surface area contributed by atoms with Gasteiger partial charge in [0.15, 0.2) is 12.6 Å². The Morgan fingerprint density at radius 1 is 1.19 bits per heavy atom. The quantitative estimate of drug-likeness (QED) is 0.358. The van der Waals surface area contributed by atoms with Crippen molar-refractivity contribution in [2.45, 2.75) is 56.8 Å². The normalized spacial score (nSPS) is 47.7. The predicted octanol–water partition coefficient (Wildman–Crippen LogP) is -1.91. The van der Waals surface area contributed by atoms with Gasteiger partial charge < -0.3 is 39.7 Å². The van der Waals surface area contributed by atoms with Crippen molar-refractivity contribution in [2.24, 2.45) is 23.7 Å². The lowest BCUT2D eigenvalue weighted by Crippen LogP contribution is -2.60. The Kier molecular flexibility index (Phi) is 6.16. The van der Waals surface area contributed by atoms with E-state index in [4.69, 9.17) is 19.3 Å². The van der Waals surface area contributed by atoms with Crippen molar-refractivity contribution in [1.29, 1.82) is 0 Å². The summed E-state index contributed by atoms with van der Waals surface area (Å²) in [6, 6.07) is 0. The maximum absolute atomic E-state index is 12.4. The summed E-state index contributed by atoms with van der Waals surface area (Å²) in [5.74, 6) is -2.57. The van der Waals surface area contributed by atoms with Crippen LogP contribution >= 0.6 is 0 Å². The van der Waals surface area contributed by atoms with Crippen molar-refractivity contribution in [1.82, 2.24) is 0 Å². The van der Waals surface area contributed by atoms with Gasteiger partial charge >= 0.3 is 5.97 Å². The van der Waals surface area contributed by atoms with Crippen LogP contribution in [0.25, 0.3) is 0 Å². The Bertz CT molecular complexity index is 566. The van der Waals surface area contributed by atoms with Crippen LogP contribution in [-0.4, -0.2) is 87.5 Å². The van der Waals surface area contributed by atoms with Crippen LogP contribution in [0.5, 0.6) is 0 Å². The number of hydrogen-bond acceptors (Lipinski definition) is 9. The zero-order valence-corrected chi connectivity index (χ0v) is 14.9. The molecule has 3 fully saturated rings. The predicted molar refractivity (Wildman–Crippen MR) is 86.1 cm³/mol. The number of ether oxygens (including phenoxy) is 3. The molecule has 10 atom stereocenters. The van der Waals surface area contributed by atoms with Crippen molar-refractivity contribution in [3.63, 3.8) is 0 Å². The van der Waals surface area contributed by atoms with Crippen molar-refractivity contribution >= 4 is 11.8 Å². The molecule has 27 heavy (non-hydrogen) atoms. The highest BCUT2D eigenvalue weighted by atomic mass is 16.8. The van der Waals surface area contributed by atoms with E-state index < -0.39 is 67.3 Å². The fraction of sp³-hybridized carbons (Fsp3) is 0.882. The summed E-state index contributed by atoms with van der Waals surface area (Å²) >= 11 is 0. The van der Waals surface area contributed by atoms with Crippen LogP contribution in [0.2, 0.25) is 0 Å². The average Bonchev–Trinajstić information content (AvgIpc) is 2.92. The molecule has 2 saturated heterocycles. The summed E-state index contributed by atoms with van der Waals surface area (Å²) in [4.78, 5) is 23.5. The van der Waals surface area contributed by atoms with Gasteiger partial charge in [0.05, 0.1) is 19.6 Å². The van der Waals surface area contributed by atoms with Crippen molar-refractivity contribution in [3.05, 3.63) is 0 Å². The van der Waals surface area contributed by atoms with Crippen molar-refractivity contribution in [2.75, 3.05) is 13.2 Å². The third kappa shape index (κ3) is 3.88. The number of Topliss-reactive ketones (excluding diaryl/α,β-unsaturated/α-hetero) is 1. The minimum atomic E-state index is -1.58. The lowest BCUT2D eigenvalue weighted by atomic mass is 9.77. The lowest BCUT2D eigenvalue weighted by molar-refractivity contribution is -0.355. The second kappa shape index (κ2) is 8.08. The second-order valence-corrected chi connectivity index (χ2v) is 7.64. The molecular weight excluding hydrogens is 364 g/mol. The molecule has 1 aliphatic carbocycles. The highest BCUT2D eigenvalue weighted by Crippen LogP contribution is 2.46. The van der Waals surface area contributed by atoms with E-state index in [0.717, 1.165) is 0 Å². The van der Waals surface area contributed by atoms with Crippen LogP contribution in [0.15, 0.2) is 0 Å². The average molecular weight is 390 g/mol. The third-order valence-corrected chi connectivity index (χ3v) is 5.82. The van der Waals surface area contributed by atoms with Gasteiger partial charge in [-0.05, 0) is 5.92 Å². The lowest BCUT2D eigenvalue weighted by Gasteiger charge is -2.44. The molecule has 154 valence electrons. The first kappa shape index (κ1) is 20.6. The van der Waals surface area contributed by atoms with E-state index in [1.54, 1.807) is 0 Å². The largest absolute Gasteiger partial charge is 0.481 e. The van der Waals surface area contributed by atoms with Crippen LogP contribution in [0.4, 0.5) is 0 Å². The number of aliphatic carboxylic acids is 1. The maximum atomic E-state index is 12.4. The smallest absolute Gasteiger partial charge is 0.303 e. The summed E-state index contributed by atoms with van der Waals surface area (Å²) in [7, 11) is 0. The Morgan fingerprint density at radius 2 is 1.89 bits per heavy atom. The highest BCUT2D eigenvalue weighted by Gasteiger charge is 2.54. The molecule has 0 spiro atoms. The number of carbonyl (C=O) groups excluding carboxylic acids is 1. The number of rotatable bonds is 5. The zero-order chi connectivity index (χ0) is 19.9. The van der Waals surface area contributed by atoms with Crippen LogP contribution < -0.4 is 0 Å². The van der Waals surface area contributed by atoms with E-state index in [2.05, 4.69) is 0 Å². The van der Waals surface area contributed by atoms with Crippen molar-refractivity contribution < 1.29 is 49.3 Å². The number of aliphatic hydroxyl groups excluding tert-OH is 4. The molecule has 10 heteroatoms. The Labute approximate surface area is 155 Å². The first-order chi connectivity index (χ1) is 12.7. The van der Waals surface area contributed by atoms with Gasteiger partial charge in [-0.2, -0.15) is 0 Å². The van der Waals surface area contributed by atoms with Gasteiger partial charge in [0.25, 0.3) is 0 Å². The summed E-state index contributed by atoms with van der Waals surface area (Å²) < 4.78 is 16.7. The molecule has 0 bridgehead atoms. The molecule has 0 aromatic rings. The van der Waals surface area contributed by atoms with E-state index in [1.165, 1.54) is 0 Å². The molecule has 5 N–H and O–H groups in total. The molecule has 0 aromatic carbocycles. The molecule has 2 heterocycles. The molecular formula is C17H26O10. The van der Waals surface area contributed by atoms with Gasteiger partial charge in [0, 0.05) is 24.2 Å². The van der Waals surface area contributed by atoms with Crippen LogP contribution in [0.3, 0.4) is 0 Å². The summed E-state index contributed by atoms with van der Waals surface area (Å²) in [6.07, 6.45) is -7.99. The molecule has 1 saturated carbocycles. The fourth-order valence-electron chi connectivity index (χ4n) is 4.46. The molecule has 0 radical (unpaired) electrons. The molecule has 3 aliphatic rings. The summed E-state index contributed by atoms with van der Waals surface area (Å²) in [5, 5.41) is 48.2. The number of carboxylic acids is 1. The van der Waals surface area contributed by atoms with Gasteiger partial charge in [-0.3, -0.25) is 9.59 Å². The molecule has 10 nitrogen and oxygen atoms in total. The van der Waals surface area contributed by atoms with Gasteiger partial charge in [-0.1, -0.05) is 6.92 Å². The fourth-order valence-corrected chi connectivity index (χ4v) is 4.46. The molecule has 5 unspecified atom stereocenters. The zero-order valence-electron chi connectivity index (χ0n) is 14.9. The highest BCUT2D eigenvalue weighted by molar-refractivity contribution is 5.85. The second-order valence-electron chi connectivity index (χ2n) is 7.64. The molecule has 0 amide bonds. The Morgan fingerprint density at radius 3 is 2.52 bits per heavy atom. The van der Waals surface area contributed by atoms with Gasteiger partial charge in [-0.15, -0.1) is 0 Å². The first-order valence-corrected chi connectivity index (χ1v) is 9.06. The number of aliphatic hydroxyl groups is 4. The number of carboxylic acid groups (broad SMARTS) is 1. The van der Waals surface area contributed by atoms with E-state index >= 15 is 0 Å². The maximum Gasteiger partial charge on any atom is 0.303 e. The third-order valence-electron chi connectivity index (χ3n) is 5.82. The Hall–Kier alpha value is -1.14. The van der Waals surface area contributed by atoms with Crippen LogP contribution in [0.1, 0.15) is 19.8 Å². The van der Waals surface area contributed by atoms with Gasteiger partial charge in [-0.25, -0.2) is 0 Å². The van der Waals surface area contributed by atoms with Crippen LogP contribution in [-0.2, 0) is 23.8 Å². The molecule has 3 rings (SSSR count). The minimum Gasteiger partial charge on any atom is -0.481 e. The number of carbonyl (C=O) groups is 2. The van der Waals surface area contributed by atoms with Gasteiger partial charge in [0.2, 0.25) is 0 Å². The standard InChI is InChI=1S/C17H26O10/c1-6-2-8(19)12-7(3-10(20)21)5-25-16(11(6)12)27-17-15(24)14(23)13(22)9(4-18)26-17/h6-7,9,11-18,22-24H,2-5H2,1H3,(H,20,21)/t6?,7?,9-,11?,12?,13+,14-,15+,16?,17-/m0/s1. The number of fused-ring (bicyclic) bond motifs is 1. The number of ketones is 1. The Balaban J connectivity index is 1.75. The van der Waals surface area contributed by atoms with E-state index in [-0.39, 0.29) is 31.1 Å². The molecule has 2 aliphatic heterocycles. The van der Waals surface area contributed by atoms with Gasteiger partial charge in [0.1, 0.15) is 30.2 Å². The summed E-state index contributed by atoms with van der Waals surface area (Å²) in [5.41, 5.74) is 0. The van der Waals surface area contributed by atoms with E-state index in [9.17, 15) is 30.0 Å². The van der Waals surface area contributed by atoms with Crippen LogP contribution in [0, 0.1) is 23.7 Å². The topological polar surface area (TPSA) is 163 Å². The monoisotopic (exact) mass is 390 g/mol. The van der Waals surface area contributed by atoms with E-state index in [1.807, 2.05) is 6.92 Å². The van der Waals surface area contributed by atoms with Crippen molar-refractivity contribution in [3.8, 4) is 0 Å². The van der Waals surface area contributed by atoms with E-state index in [0.29, 0.717) is 0 Å². The first-order valence-electron chi connectivity index (χ1n) is 9.06. The summed E-state index contributed by atoms with van der Waals surface area (Å²) in [6.45, 7) is 1.27.